The van der Waals surface area contributed by atoms with Crippen molar-refractivity contribution in [3.05, 3.63) is 65.0 Å². The third-order valence-corrected chi connectivity index (χ3v) is 7.03. The molecule has 0 bridgehead atoms. The number of hydrogen-bond acceptors (Lipinski definition) is 4. The van der Waals surface area contributed by atoms with Crippen LogP contribution < -0.4 is 5.32 Å². The number of nitrogens with zero attached hydrogens (tertiary/aromatic N) is 4. The number of aryl methyl sites for hydroxylation is 2. The van der Waals surface area contributed by atoms with Crippen LogP contribution in [0.3, 0.4) is 0 Å². The van der Waals surface area contributed by atoms with Crippen LogP contribution in [0.15, 0.2) is 42.8 Å². The van der Waals surface area contributed by atoms with E-state index in [1.54, 1.807) is 6.92 Å². The Hall–Kier alpha value is -2.73. The van der Waals surface area contributed by atoms with Crippen molar-refractivity contribution >= 4 is 11.7 Å². The van der Waals surface area contributed by atoms with Crippen LogP contribution in [0.5, 0.6) is 0 Å². The summed E-state index contributed by atoms with van der Waals surface area (Å²) in [7, 11) is 0. The van der Waals surface area contributed by atoms with Gasteiger partial charge in [-0.1, -0.05) is 32.2 Å². The number of hydrogen-bond donors (Lipinski definition) is 1. The zero-order valence-corrected chi connectivity index (χ0v) is 21.9. The van der Waals surface area contributed by atoms with Crippen molar-refractivity contribution in [1.29, 1.82) is 0 Å². The minimum atomic E-state index is -0.0629. The Morgan fingerprint density at radius 1 is 0.912 bits per heavy atom. The standard InChI is InChI=1S/C28H43N5O/c1-8-9-24(6)31-12-10-30(11-13-31)20-26-19-27(23(5)18-22(26)4)25(7)32-14-16-33(17-15-32)28(34)29-21(2)3/h9,18-19H,2,7-8,10-17,20H2,1,3-6H3,(H,29,34)/b24-9+. The fraction of sp³-hybridized carbons (Fsp3) is 0.536. The van der Waals surface area contributed by atoms with Gasteiger partial charge < -0.3 is 20.0 Å². The number of carbonyl (C=O) groups is 1. The van der Waals surface area contributed by atoms with Crippen LogP contribution in [-0.4, -0.2) is 78.0 Å². The number of carbonyl (C=O) groups excluding carboxylic acids is 1. The van der Waals surface area contributed by atoms with E-state index in [0.29, 0.717) is 18.8 Å². The fourth-order valence-electron chi connectivity index (χ4n) is 4.91. The van der Waals surface area contributed by atoms with Gasteiger partial charge in [0.1, 0.15) is 0 Å². The summed E-state index contributed by atoms with van der Waals surface area (Å²) in [4.78, 5) is 21.5. The molecule has 2 aliphatic rings. The Morgan fingerprint density at radius 2 is 1.50 bits per heavy atom. The number of benzene rings is 1. The summed E-state index contributed by atoms with van der Waals surface area (Å²) in [6.45, 7) is 27.2. The van der Waals surface area contributed by atoms with Gasteiger partial charge in [0.2, 0.25) is 0 Å². The average Bonchev–Trinajstić information content (AvgIpc) is 2.80. The number of rotatable bonds is 7. The zero-order valence-electron chi connectivity index (χ0n) is 21.9. The molecule has 0 aromatic heterocycles. The Morgan fingerprint density at radius 3 is 2.09 bits per heavy atom. The molecule has 0 aliphatic carbocycles. The van der Waals surface area contributed by atoms with Gasteiger partial charge in [0.05, 0.1) is 0 Å². The molecule has 3 rings (SSSR count). The third-order valence-electron chi connectivity index (χ3n) is 7.03. The van der Waals surface area contributed by atoms with Gasteiger partial charge in [-0.2, -0.15) is 0 Å². The molecule has 1 N–H and O–H groups in total. The van der Waals surface area contributed by atoms with Crippen LogP contribution in [0.4, 0.5) is 4.79 Å². The summed E-state index contributed by atoms with van der Waals surface area (Å²) in [5.74, 6) is 0. The second-order valence-electron chi connectivity index (χ2n) is 9.74. The fourth-order valence-corrected chi connectivity index (χ4v) is 4.91. The minimum Gasteiger partial charge on any atom is -0.373 e. The van der Waals surface area contributed by atoms with Crippen molar-refractivity contribution in [1.82, 2.24) is 24.9 Å². The van der Waals surface area contributed by atoms with Gasteiger partial charge in [-0.3, -0.25) is 4.90 Å². The van der Waals surface area contributed by atoms with Crippen molar-refractivity contribution in [2.24, 2.45) is 0 Å². The van der Waals surface area contributed by atoms with Crippen LogP contribution in [0.25, 0.3) is 5.70 Å². The second-order valence-corrected chi connectivity index (χ2v) is 9.74. The zero-order chi connectivity index (χ0) is 24.8. The second kappa shape index (κ2) is 11.6. The van der Waals surface area contributed by atoms with E-state index in [0.717, 1.165) is 57.9 Å². The summed E-state index contributed by atoms with van der Waals surface area (Å²) < 4.78 is 0. The van der Waals surface area contributed by atoms with Crippen molar-refractivity contribution < 1.29 is 4.79 Å². The van der Waals surface area contributed by atoms with Crippen molar-refractivity contribution in [3.8, 4) is 0 Å². The lowest BCUT2D eigenvalue weighted by Crippen LogP contribution is -2.50. The lowest BCUT2D eigenvalue weighted by atomic mass is 9.97. The first-order chi connectivity index (χ1) is 16.2. The Balaban J connectivity index is 1.62. The molecule has 2 aliphatic heterocycles. The van der Waals surface area contributed by atoms with Crippen LogP contribution in [-0.2, 0) is 6.54 Å². The maximum Gasteiger partial charge on any atom is 0.321 e. The van der Waals surface area contributed by atoms with Gasteiger partial charge in [-0.05, 0) is 56.9 Å². The first-order valence-corrected chi connectivity index (χ1v) is 12.6. The lowest BCUT2D eigenvalue weighted by molar-refractivity contribution is 0.152. The van der Waals surface area contributed by atoms with Crippen molar-refractivity contribution in [3.63, 3.8) is 0 Å². The van der Waals surface area contributed by atoms with E-state index in [1.807, 2.05) is 4.90 Å². The molecule has 1 aromatic rings. The molecule has 2 heterocycles. The molecule has 1 aromatic carbocycles. The maximum atomic E-state index is 12.3. The Labute approximate surface area is 206 Å². The molecule has 2 saturated heterocycles. The first-order valence-electron chi connectivity index (χ1n) is 12.6. The number of allylic oxidation sites excluding steroid dienone is 3. The van der Waals surface area contributed by atoms with Gasteiger partial charge in [0.25, 0.3) is 0 Å². The highest BCUT2D eigenvalue weighted by atomic mass is 16.2. The van der Waals surface area contributed by atoms with Gasteiger partial charge >= 0.3 is 6.03 Å². The van der Waals surface area contributed by atoms with Gasteiger partial charge in [-0.15, -0.1) is 0 Å². The molecule has 2 fully saturated rings. The molecule has 0 saturated carbocycles. The quantitative estimate of drug-likeness (QED) is 0.641. The Bertz CT molecular complexity index is 934. The normalized spacial score (nSPS) is 17.7. The molecule has 0 spiro atoms. The number of urea groups is 1. The summed E-state index contributed by atoms with van der Waals surface area (Å²) in [6, 6.07) is 4.59. The van der Waals surface area contributed by atoms with Crippen molar-refractivity contribution in [2.75, 3.05) is 52.4 Å². The van der Waals surface area contributed by atoms with Gasteiger partial charge in [0.15, 0.2) is 0 Å². The maximum absolute atomic E-state index is 12.3. The molecule has 6 heteroatoms. The summed E-state index contributed by atoms with van der Waals surface area (Å²) >= 11 is 0. The lowest BCUT2D eigenvalue weighted by Gasteiger charge is -2.38. The van der Waals surface area contributed by atoms with E-state index in [-0.39, 0.29) is 6.03 Å². The summed E-state index contributed by atoms with van der Waals surface area (Å²) in [5.41, 5.74) is 8.36. The van der Waals surface area contributed by atoms with E-state index in [9.17, 15) is 4.79 Å². The first kappa shape index (κ1) is 25.9. The predicted octanol–water partition coefficient (Wildman–Crippen LogP) is 4.57. The molecule has 186 valence electrons. The van der Waals surface area contributed by atoms with Crippen LogP contribution in [0.1, 0.15) is 49.4 Å². The predicted molar refractivity (Wildman–Crippen MR) is 142 cm³/mol. The molecule has 0 radical (unpaired) electrons. The molecule has 2 amide bonds. The summed E-state index contributed by atoms with van der Waals surface area (Å²) in [5, 5.41) is 2.81. The molecule has 6 nitrogen and oxygen atoms in total. The minimum absolute atomic E-state index is 0.0629. The van der Waals surface area contributed by atoms with Crippen LogP contribution in [0.2, 0.25) is 0 Å². The topological polar surface area (TPSA) is 42.1 Å². The van der Waals surface area contributed by atoms with Crippen LogP contribution in [0, 0.1) is 13.8 Å². The molecule has 34 heavy (non-hydrogen) atoms. The molecule has 0 atom stereocenters. The largest absolute Gasteiger partial charge is 0.373 e. The van der Waals surface area contributed by atoms with Crippen LogP contribution >= 0.6 is 0 Å². The van der Waals surface area contributed by atoms with E-state index in [4.69, 9.17) is 0 Å². The van der Waals surface area contributed by atoms with E-state index in [2.05, 4.69) is 79.1 Å². The number of nitrogens with one attached hydrogen (secondary N) is 1. The van der Waals surface area contributed by atoms with Gasteiger partial charge in [-0.25, -0.2) is 4.79 Å². The van der Waals surface area contributed by atoms with Crippen molar-refractivity contribution in [2.45, 2.75) is 47.6 Å². The highest BCUT2D eigenvalue weighted by molar-refractivity contribution is 5.76. The summed E-state index contributed by atoms with van der Waals surface area (Å²) in [6.07, 6.45) is 3.42. The number of piperazine rings is 2. The highest BCUT2D eigenvalue weighted by Gasteiger charge is 2.24. The molecular formula is C28H43N5O. The Kier molecular flexibility index (Phi) is 8.84. The SMILES string of the molecule is C=C(C)NC(=O)N1CCN(C(=C)c2cc(CN3CCN(/C(C)=C/CC)CC3)c(C)cc2C)CC1. The molecular weight excluding hydrogens is 422 g/mol. The highest BCUT2D eigenvalue weighted by Crippen LogP contribution is 2.27. The smallest absolute Gasteiger partial charge is 0.321 e. The third kappa shape index (κ3) is 6.44. The average molecular weight is 466 g/mol. The molecule has 0 unspecified atom stereocenters. The number of amides is 2. The van der Waals surface area contributed by atoms with E-state index >= 15 is 0 Å². The monoisotopic (exact) mass is 465 g/mol. The van der Waals surface area contributed by atoms with E-state index < -0.39 is 0 Å². The van der Waals surface area contributed by atoms with E-state index in [1.165, 1.54) is 28.0 Å². The van der Waals surface area contributed by atoms with Gasteiger partial charge in [0, 0.05) is 81.6 Å².